The van der Waals surface area contributed by atoms with Crippen molar-refractivity contribution in [1.29, 1.82) is 0 Å². The van der Waals surface area contributed by atoms with Gasteiger partial charge in [0.05, 0.1) is 13.7 Å². The molecule has 1 saturated heterocycles. The third kappa shape index (κ3) is 4.38. The van der Waals surface area contributed by atoms with Gasteiger partial charge in [-0.1, -0.05) is 35.0 Å². The maximum Gasteiger partial charge on any atom is 0.281 e. The maximum atomic E-state index is 13.1. The van der Waals surface area contributed by atoms with Crippen molar-refractivity contribution in [2.24, 2.45) is 0 Å². The second kappa shape index (κ2) is 9.26. The summed E-state index contributed by atoms with van der Waals surface area (Å²) in [6.07, 6.45) is 1.62. The summed E-state index contributed by atoms with van der Waals surface area (Å²) in [5.41, 5.74) is 1.76. The summed E-state index contributed by atoms with van der Waals surface area (Å²) in [7, 11) is 1.57. The number of nitrogens with zero attached hydrogens (tertiary/aromatic N) is 5. The molecule has 0 aliphatic carbocycles. The van der Waals surface area contributed by atoms with Gasteiger partial charge < -0.3 is 14.6 Å². The predicted octanol–water partition coefficient (Wildman–Crippen LogP) is 3.24. The fourth-order valence-corrected chi connectivity index (χ4v) is 4.53. The number of hydrogen-bond donors (Lipinski definition) is 1. The lowest BCUT2D eigenvalue weighted by molar-refractivity contribution is 0.0704. The van der Waals surface area contributed by atoms with Crippen molar-refractivity contribution in [3.05, 3.63) is 80.9 Å². The van der Waals surface area contributed by atoms with Crippen molar-refractivity contribution in [3.63, 3.8) is 0 Å². The molecule has 1 unspecified atom stereocenters. The van der Waals surface area contributed by atoms with Crippen LogP contribution in [-0.4, -0.2) is 56.0 Å². The van der Waals surface area contributed by atoms with Crippen LogP contribution >= 0.6 is 11.6 Å². The average Bonchev–Trinajstić information content (AvgIpc) is 3.27. The molecule has 0 radical (unpaired) electrons. The van der Waals surface area contributed by atoms with Gasteiger partial charge in [0.15, 0.2) is 11.2 Å². The number of amides is 1. The van der Waals surface area contributed by atoms with Gasteiger partial charge in [-0.2, -0.15) is 0 Å². The summed E-state index contributed by atoms with van der Waals surface area (Å²) in [5.74, 6) is 1.00. The minimum Gasteiger partial charge on any atom is -0.497 e. The number of carbonyl (C=O) groups is 1. The molecule has 4 aromatic rings. The van der Waals surface area contributed by atoms with Gasteiger partial charge in [-0.25, -0.2) is 9.67 Å². The number of ether oxygens (including phenoxy) is 1. The van der Waals surface area contributed by atoms with Gasteiger partial charge in [0.1, 0.15) is 11.6 Å². The Morgan fingerprint density at radius 2 is 2.09 bits per heavy atom. The number of benzene rings is 2. The van der Waals surface area contributed by atoms with Gasteiger partial charge >= 0.3 is 0 Å². The summed E-state index contributed by atoms with van der Waals surface area (Å²) in [5, 5.41) is 8.77. The molecule has 2 aromatic heterocycles. The third-order valence-electron chi connectivity index (χ3n) is 6.03. The van der Waals surface area contributed by atoms with E-state index in [0.717, 1.165) is 18.4 Å². The number of piperidine rings is 1. The highest BCUT2D eigenvalue weighted by Gasteiger charge is 2.28. The summed E-state index contributed by atoms with van der Waals surface area (Å²) < 4.78 is 6.85. The van der Waals surface area contributed by atoms with Gasteiger partial charge in [-0.3, -0.25) is 9.59 Å². The summed E-state index contributed by atoms with van der Waals surface area (Å²) in [6, 6.07) is 14.5. The van der Waals surface area contributed by atoms with Crippen molar-refractivity contribution in [3.8, 4) is 5.75 Å². The molecule has 1 aliphatic heterocycles. The number of carbonyl (C=O) groups excluding carboxylic acids is 1. The Morgan fingerprint density at radius 3 is 2.91 bits per heavy atom. The Kier molecular flexibility index (Phi) is 6.02. The lowest BCUT2D eigenvalue weighted by Gasteiger charge is -2.32. The molecule has 1 amide bonds. The lowest BCUT2D eigenvalue weighted by Crippen LogP contribution is -2.40. The normalized spacial score (nSPS) is 16.1. The van der Waals surface area contributed by atoms with Crippen LogP contribution in [0.25, 0.3) is 11.2 Å². The zero-order chi connectivity index (χ0) is 23.7. The van der Waals surface area contributed by atoms with E-state index < -0.39 is 0 Å². The molecule has 5 rings (SSSR count). The third-order valence-corrected chi connectivity index (χ3v) is 6.26. The van der Waals surface area contributed by atoms with Gasteiger partial charge in [-0.15, -0.1) is 5.10 Å². The molecular formula is C24H23ClN6O3. The topological polar surface area (TPSA) is 106 Å². The van der Waals surface area contributed by atoms with Gasteiger partial charge in [0, 0.05) is 29.6 Å². The molecule has 0 saturated carbocycles. The quantitative estimate of drug-likeness (QED) is 0.472. The Morgan fingerprint density at radius 1 is 1.24 bits per heavy atom. The van der Waals surface area contributed by atoms with E-state index in [1.54, 1.807) is 47.0 Å². The number of hydrogen-bond acceptors (Lipinski definition) is 6. The van der Waals surface area contributed by atoms with E-state index in [-0.39, 0.29) is 22.9 Å². The molecule has 34 heavy (non-hydrogen) atoms. The highest BCUT2D eigenvalue weighted by atomic mass is 35.5. The summed E-state index contributed by atoms with van der Waals surface area (Å²) in [4.78, 5) is 35.2. The first-order valence-corrected chi connectivity index (χ1v) is 11.4. The zero-order valence-electron chi connectivity index (χ0n) is 18.6. The minimum absolute atomic E-state index is 0.0697. The van der Waals surface area contributed by atoms with Crippen molar-refractivity contribution in [2.75, 3.05) is 20.2 Å². The highest BCUT2D eigenvalue weighted by Crippen LogP contribution is 2.26. The van der Waals surface area contributed by atoms with Gasteiger partial charge in [0.25, 0.3) is 11.5 Å². The standard InChI is InChI=1S/C24H23ClN6O3/c1-34-19-9-3-6-16(12-19)24(33)30-10-4-7-17(14-30)21-26-22-20(23(32)27-21)28-29-31(22)13-15-5-2-8-18(25)11-15/h2-3,5-6,8-9,11-12,17H,4,7,10,13-14H2,1H3,(H,26,27,32). The fraction of sp³-hybridized carbons (Fsp3) is 0.292. The number of halogens is 1. The molecule has 174 valence electrons. The van der Waals surface area contributed by atoms with Crippen LogP contribution in [-0.2, 0) is 6.54 Å². The first-order chi connectivity index (χ1) is 16.5. The maximum absolute atomic E-state index is 13.1. The summed E-state index contributed by atoms with van der Waals surface area (Å²) >= 11 is 6.10. The second-order valence-corrected chi connectivity index (χ2v) is 8.76. The Bertz CT molecular complexity index is 1420. The Labute approximate surface area is 200 Å². The number of aromatic nitrogens is 5. The monoisotopic (exact) mass is 478 g/mol. The highest BCUT2D eigenvalue weighted by molar-refractivity contribution is 6.30. The van der Waals surface area contributed by atoms with Crippen LogP contribution in [0.2, 0.25) is 5.02 Å². The van der Waals surface area contributed by atoms with Crippen LogP contribution < -0.4 is 10.3 Å². The Hall–Kier alpha value is -3.72. The predicted molar refractivity (Wildman–Crippen MR) is 127 cm³/mol. The number of H-pyrrole nitrogens is 1. The smallest absolute Gasteiger partial charge is 0.281 e. The molecular weight excluding hydrogens is 456 g/mol. The molecule has 0 bridgehead atoms. The first kappa shape index (κ1) is 22.1. The van der Waals surface area contributed by atoms with Crippen LogP contribution in [0.3, 0.4) is 0 Å². The van der Waals surface area contributed by atoms with E-state index in [0.29, 0.717) is 47.4 Å². The zero-order valence-corrected chi connectivity index (χ0v) is 19.3. The molecule has 3 heterocycles. The minimum atomic E-state index is -0.339. The molecule has 1 atom stereocenters. The molecule has 10 heteroatoms. The molecule has 0 spiro atoms. The van der Waals surface area contributed by atoms with E-state index in [4.69, 9.17) is 21.3 Å². The van der Waals surface area contributed by atoms with E-state index in [1.165, 1.54) is 0 Å². The van der Waals surface area contributed by atoms with Crippen LogP contribution in [0.5, 0.6) is 5.75 Å². The second-order valence-electron chi connectivity index (χ2n) is 8.32. The van der Waals surface area contributed by atoms with Crippen LogP contribution in [0.4, 0.5) is 0 Å². The lowest BCUT2D eigenvalue weighted by atomic mass is 9.96. The van der Waals surface area contributed by atoms with Crippen molar-refractivity contribution < 1.29 is 9.53 Å². The number of aromatic amines is 1. The number of nitrogens with one attached hydrogen (secondary N) is 1. The molecule has 1 N–H and O–H groups in total. The first-order valence-electron chi connectivity index (χ1n) is 11.0. The SMILES string of the molecule is COc1cccc(C(=O)N2CCCC(c3nc4c(nnn4Cc4cccc(Cl)c4)c(=O)[nH]3)C2)c1. The van der Waals surface area contributed by atoms with Crippen molar-refractivity contribution >= 4 is 28.7 Å². The fourth-order valence-electron chi connectivity index (χ4n) is 4.31. The van der Waals surface area contributed by atoms with Crippen LogP contribution in [0.15, 0.2) is 53.3 Å². The largest absolute Gasteiger partial charge is 0.497 e. The number of fused-ring (bicyclic) bond motifs is 1. The van der Waals surface area contributed by atoms with E-state index in [2.05, 4.69) is 15.3 Å². The van der Waals surface area contributed by atoms with E-state index in [9.17, 15) is 9.59 Å². The average molecular weight is 479 g/mol. The van der Waals surface area contributed by atoms with Crippen molar-refractivity contribution in [2.45, 2.75) is 25.3 Å². The Balaban J connectivity index is 1.42. The number of likely N-dealkylation sites (tertiary alicyclic amines) is 1. The van der Waals surface area contributed by atoms with Gasteiger partial charge in [-0.05, 0) is 48.7 Å². The van der Waals surface area contributed by atoms with Crippen molar-refractivity contribution in [1.82, 2.24) is 29.9 Å². The van der Waals surface area contributed by atoms with Crippen LogP contribution in [0.1, 0.15) is 40.5 Å². The van der Waals surface area contributed by atoms with E-state index in [1.807, 2.05) is 18.2 Å². The number of rotatable bonds is 5. The van der Waals surface area contributed by atoms with E-state index >= 15 is 0 Å². The van der Waals surface area contributed by atoms with Crippen LogP contribution in [0, 0.1) is 0 Å². The molecule has 1 aliphatic rings. The number of methoxy groups -OCH3 is 1. The summed E-state index contributed by atoms with van der Waals surface area (Å²) in [6.45, 7) is 1.49. The molecule has 1 fully saturated rings. The molecule has 9 nitrogen and oxygen atoms in total. The van der Waals surface area contributed by atoms with Gasteiger partial charge in [0.2, 0.25) is 0 Å². The molecule has 2 aromatic carbocycles.